The van der Waals surface area contributed by atoms with E-state index in [2.05, 4.69) is 29.9 Å². The highest BCUT2D eigenvalue weighted by Gasteiger charge is 2.51. The Kier molecular flexibility index (Phi) is 9.39. The van der Waals surface area contributed by atoms with Crippen LogP contribution in [-0.2, 0) is 27.7 Å². The van der Waals surface area contributed by atoms with E-state index < -0.39 is 78.9 Å². The zero-order chi connectivity index (χ0) is 31.8. The van der Waals surface area contributed by atoms with Crippen molar-refractivity contribution in [3.05, 3.63) is 25.3 Å². The van der Waals surface area contributed by atoms with Crippen molar-refractivity contribution in [1.29, 1.82) is 0 Å². The van der Waals surface area contributed by atoms with Crippen molar-refractivity contribution < 1.29 is 57.1 Å². The number of aliphatic hydroxyl groups excluding tert-OH is 3. The van der Waals surface area contributed by atoms with Gasteiger partial charge in [0.05, 0.1) is 25.9 Å². The molecule has 44 heavy (non-hydrogen) atoms. The fourth-order valence-corrected chi connectivity index (χ4v) is 5.67. The summed E-state index contributed by atoms with van der Waals surface area (Å²) in [4.78, 5) is 41.3. The molecule has 3 unspecified atom stereocenters. The average molecular weight is 662 g/mol. The number of rotatable bonds is 8. The van der Waals surface area contributed by atoms with Crippen molar-refractivity contribution in [3.8, 4) is 0 Å². The molecule has 0 aliphatic carbocycles. The predicted molar refractivity (Wildman–Crippen MR) is 142 cm³/mol. The lowest BCUT2D eigenvalue weighted by atomic mass is 10.1. The molecule has 2 aliphatic rings. The Labute approximate surface area is 246 Å². The fourth-order valence-electron chi connectivity index (χ4n) is 4.74. The Morgan fingerprint density at radius 1 is 0.932 bits per heavy atom. The highest BCUT2D eigenvalue weighted by Crippen LogP contribution is 2.50. The smallest absolute Gasteiger partial charge is 0.394 e. The number of halogens is 1. The van der Waals surface area contributed by atoms with Crippen LogP contribution in [0.2, 0.25) is 0 Å². The third kappa shape index (κ3) is 5.97. The molecule has 2 aliphatic heterocycles. The molecule has 0 spiro atoms. The van der Waals surface area contributed by atoms with Crippen molar-refractivity contribution in [1.82, 2.24) is 39.0 Å². The first kappa shape index (κ1) is 32.0. The fraction of sp³-hybridized carbons (Fsp3) is 0.500. The van der Waals surface area contributed by atoms with E-state index in [0.29, 0.717) is 0 Å². The van der Waals surface area contributed by atoms with Crippen molar-refractivity contribution in [2.75, 3.05) is 24.7 Å². The normalized spacial score (nSPS) is 30.0. The van der Waals surface area contributed by atoms with E-state index in [1.165, 1.54) is 21.8 Å². The maximum atomic E-state index is 15.1. The van der Waals surface area contributed by atoms with Crippen LogP contribution >= 0.6 is 16.5 Å². The lowest BCUT2D eigenvalue weighted by Crippen LogP contribution is -2.35. The lowest BCUT2D eigenvalue weighted by Gasteiger charge is -2.24. The van der Waals surface area contributed by atoms with E-state index in [1.54, 1.807) is 0 Å². The van der Waals surface area contributed by atoms with Crippen LogP contribution in [0.25, 0.3) is 22.3 Å². The summed E-state index contributed by atoms with van der Waals surface area (Å²) in [5, 5.41) is 30.7. The molecular weight excluding hydrogens is 637 g/mol. The van der Waals surface area contributed by atoms with E-state index in [1.807, 2.05) is 0 Å². The molecule has 24 heteroatoms. The summed E-state index contributed by atoms with van der Waals surface area (Å²) in [6.07, 6.45) is -7.52. The number of imidazole rings is 2. The Morgan fingerprint density at radius 3 is 2.00 bits per heavy atom. The maximum Gasteiger partial charge on any atom is 0.472 e. The number of hydrogen-bond donors (Lipinski definition) is 7. The third-order valence-corrected chi connectivity index (χ3v) is 7.75. The highest BCUT2D eigenvalue weighted by molar-refractivity contribution is 7.47. The zero-order valence-electron chi connectivity index (χ0n) is 22.0. The number of alkyl halides is 1. The van der Waals surface area contributed by atoms with Crippen LogP contribution in [0.5, 0.6) is 0 Å². The molecule has 4 aromatic rings. The Morgan fingerprint density at radius 2 is 1.45 bits per heavy atom. The maximum absolute atomic E-state index is 15.1. The first-order valence-electron chi connectivity index (χ1n) is 12.4. The Balaban J connectivity index is 0.00000123. The number of aliphatic hydroxyl groups is 3. The summed E-state index contributed by atoms with van der Waals surface area (Å²) in [7, 11) is -5.87. The number of nitrogen functional groups attached to an aromatic ring is 2. The molecule has 2 saturated heterocycles. The molecule has 4 aromatic heterocycles. The van der Waals surface area contributed by atoms with Gasteiger partial charge in [-0.25, -0.2) is 43.4 Å². The minimum atomic E-state index is -5.03. The van der Waals surface area contributed by atoms with Gasteiger partial charge in [0, 0.05) is 0 Å². The molecule has 0 amide bonds. The molecule has 2 fully saturated rings. The summed E-state index contributed by atoms with van der Waals surface area (Å²) < 4.78 is 60.4. The number of ether oxygens (including phenoxy) is 2. The summed E-state index contributed by atoms with van der Waals surface area (Å²) in [6.45, 7) is -1.44. The second-order valence-electron chi connectivity index (χ2n) is 9.32. The van der Waals surface area contributed by atoms with Crippen molar-refractivity contribution >= 4 is 50.5 Å². The van der Waals surface area contributed by atoms with Gasteiger partial charge in [-0.05, 0) is 0 Å². The van der Waals surface area contributed by atoms with Crippen LogP contribution < -0.4 is 11.5 Å². The minimum Gasteiger partial charge on any atom is -0.394 e. The van der Waals surface area contributed by atoms with E-state index in [9.17, 15) is 24.8 Å². The van der Waals surface area contributed by atoms with Gasteiger partial charge in [0.15, 0.2) is 41.6 Å². The molecule has 0 saturated carbocycles. The largest absolute Gasteiger partial charge is 0.472 e. The summed E-state index contributed by atoms with van der Waals surface area (Å²) in [5.74, 6) is 0.110. The van der Waals surface area contributed by atoms with Gasteiger partial charge in [0.1, 0.15) is 54.2 Å². The van der Waals surface area contributed by atoms with Gasteiger partial charge in [0.25, 0.3) is 0 Å². The van der Waals surface area contributed by atoms with E-state index in [0.717, 1.165) is 12.7 Å². The second kappa shape index (κ2) is 12.9. The van der Waals surface area contributed by atoms with Crippen molar-refractivity contribution in [3.63, 3.8) is 0 Å². The molecule has 0 bridgehead atoms. The Hall–Kier alpha value is -3.40. The van der Waals surface area contributed by atoms with E-state index in [4.69, 9.17) is 39.4 Å². The van der Waals surface area contributed by atoms with E-state index in [-0.39, 0.29) is 34.0 Å². The standard InChI is InChI=1S/C20H24FN10O9P.HO2P/c21-9-12(33)8(39-19(9)30-5-28-10-15(22)24-3-26-17(10)30)2-37-41(35,36)40-14-13(34)7(1-32)38-20(14)31-6-29-11-16(23)25-4-27-18(11)31;1-3-2/h3-9,12-14,19-20,32-34H,1-2H2,(H,35,36)(H2,22,24,26)(H2,23,25,27);(H,1,2)/t7-,8-,9+,12?,13?,14+,19-,20-;/m1./s1. The van der Waals surface area contributed by atoms with Crippen molar-refractivity contribution in [2.45, 2.75) is 49.1 Å². The van der Waals surface area contributed by atoms with Gasteiger partial charge in [-0.15, -0.1) is 0 Å². The molecule has 9 N–H and O–H groups in total. The molecule has 238 valence electrons. The molecule has 6 heterocycles. The molecule has 21 nitrogen and oxygen atoms in total. The summed E-state index contributed by atoms with van der Waals surface area (Å²) >= 11 is 0. The highest BCUT2D eigenvalue weighted by atomic mass is 31.2. The molecule has 0 aromatic carbocycles. The number of nitrogens with zero attached hydrogens (tertiary/aromatic N) is 8. The minimum absolute atomic E-state index is 0.0545. The van der Waals surface area contributed by atoms with Gasteiger partial charge in [0.2, 0.25) is 0 Å². The Bertz CT molecular complexity index is 1680. The van der Waals surface area contributed by atoms with Crippen LogP contribution in [0.3, 0.4) is 0 Å². The number of nitrogens with two attached hydrogens (primary N) is 2. The van der Waals surface area contributed by atoms with Gasteiger partial charge in [-0.2, -0.15) is 0 Å². The van der Waals surface area contributed by atoms with E-state index >= 15 is 4.39 Å². The van der Waals surface area contributed by atoms with Gasteiger partial charge in [-0.1, -0.05) is 0 Å². The molecular formula is C20H25FN10O11P2. The quantitative estimate of drug-likeness (QED) is 0.104. The monoisotopic (exact) mass is 662 g/mol. The molecule has 9 atom stereocenters. The number of phosphoric ester groups is 1. The number of aromatic nitrogens is 8. The average Bonchev–Trinajstić information content (AvgIpc) is 3.75. The predicted octanol–water partition coefficient (Wildman–Crippen LogP) is -1.63. The summed E-state index contributed by atoms with van der Waals surface area (Å²) in [6, 6.07) is 0. The van der Waals surface area contributed by atoms with Crippen LogP contribution in [0, 0.1) is 0 Å². The topological polar surface area (TPSA) is 311 Å². The van der Waals surface area contributed by atoms with Crippen LogP contribution in [0.4, 0.5) is 16.0 Å². The van der Waals surface area contributed by atoms with Crippen molar-refractivity contribution in [2.24, 2.45) is 0 Å². The SMILES string of the molecule is Nc1ncnc2c1ncn2[C@@H]1O[C@H](COP(=O)(O)O[C@H]2C(O)[C@@H](CO)O[C@H]2n2cnc3c(N)ncnc32)C(O)[C@@H]1F.O=PO. The van der Waals surface area contributed by atoms with Crippen LogP contribution in [0.15, 0.2) is 25.3 Å². The first-order chi connectivity index (χ1) is 21.0. The molecule has 0 radical (unpaired) electrons. The zero-order valence-corrected chi connectivity index (χ0v) is 23.8. The third-order valence-electron chi connectivity index (χ3n) is 6.77. The lowest BCUT2D eigenvalue weighted by molar-refractivity contribution is -0.0600. The van der Waals surface area contributed by atoms with Crippen LogP contribution in [-0.4, -0.2) is 114 Å². The number of hydrogen-bond acceptors (Lipinski definition) is 17. The first-order valence-corrected chi connectivity index (χ1v) is 14.7. The number of phosphoric acid groups is 1. The number of fused-ring (bicyclic) bond motifs is 2. The van der Waals surface area contributed by atoms with Gasteiger partial charge in [-0.3, -0.25) is 18.2 Å². The van der Waals surface area contributed by atoms with Gasteiger partial charge >= 0.3 is 16.5 Å². The number of anilines is 2. The second-order valence-corrected chi connectivity index (χ2v) is 10.9. The van der Waals surface area contributed by atoms with Crippen LogP contribution in [0.1, 0.15) is 12.5 Å². The molecule has 6 rings (SSSR count). The summed E-state index contributed by atoms with van der Waals surface area (Å²) in [5.41, 5.74) is 12.3. The van der Waals surface area contributed by atoms with Gasteiger partial charge < -0.3 is 46.0 Å².